The van der Waals surface area contributed by atoms with Crippen LogP contribution in [0.15, 0.2) is 15.5 Å². The Morgan fingerprint density at radius 2 is 2.06 bits per heavy atom. The lowest BCUT2D eigenvalue weighted by Crippen LogP contribution is -2.06. The molecule has 1 fully saturated rings. The summed E-state index contributed by atoms with van der Waals surface area (Å²) < 4.78 is 0.681. The van der Waals surface area contributed by atoms with E-state index >= 15 is 0 Å². The van der Waals surface area contributed by atoms with Gasteiger partial charge in [0.2, 0.25) is 6.08 Å². The Kier molecular flexibility index (Phi) is 2.64. The first-order chi connectivity index (χ1) is 7.52. The molecule has 0 atom stereocenters. The molecule has 0 spiro atoms. The summed E-state index contributed by atoms with van der Waals surface area (Å²) in [5.74, 6) is 0.203. The van der Waals surface area contributed by atoms with Crippen LogP contribution in [0.3, 0.4) is 0 Å². The highest BCUT2D eigenvalue weighted by molar-refractivity contribution is 9.10. The van der Waals surface area contributed by atoms with E-state index in [4.69, 9.17) is 0 Å². The van der Waals surface area contributed by atoms with Gasteiger partial charge in [0.25, 0.3) is 0 Å². The lowest BCUT2D eigenvalue weighted by Gasteiger charge is -2.16. The van der Waals surface area contributed by atoms with E-state index in [1.807, 2.05) is 19.9 Å². The van der Waals surface area contributed by atoms with Crippen molar-refractivity contribution in [3.8, 4) is 5.75 Å². The fourth-order valence-electron chi connectivity index (χ4n) is 2.15. The van der Waals surface area contributed by atoms with Crippen LogP contribution in [0.4, 0.5) is 0 Å². The molecule has 0 aromatic heterocycles. The van der Waals surface area contributed by atoms with Gasteiger partial charge in [-0.15, -0.1) is 0 Å². The number of halogens is 1. The van der Waals surface area contributed by atoms with Gasteiger partial charge in [-0.1, -0.05) is 6.07 Å². The van der Waals surface area contributed by atoms with E-state index in [0.29, 0.717) is 4.47 Å². The molecule has 1 aliphatic carbocycles. The Morgan fingerprint density at radius 3 is 2.56 bits per heavy atom. The first-order valence-corrected chi connectivity index (χ1v) is 5.89. The maximum absolute atomic E-state index is 10.4. The van der Waals surface area contributed by atoms with Crippen molar-refractivity contribution in [2.75, 3.05) is 0 Å². The van der Waals surface area contributed by atoms with Crippen LogP contribution in [-0.2, 0) is 10.3 Å². The number of hydrogen-bond donors (Lipinski definition) is 1. The highest BCUT2D eigenvalue weighted by Crippen LogP contribution is 2.54. The van der Waals surface area contributed by atoms with Crippen LogP contribution in [0.1, 0.15) is 29.5 Å². The summed E-state index contributed by atoms with van der Waals surface area (Å²) in [6, 6.07) is 1.99. The third-order valence-corrected chi connectivity index (χ3v) is 4.07. The van der Waals surface area contributed by atoms with E-state index < -0.39 is 5.54 Å². The molecule has 0 heterocycles. The Labute approximate surface area is 102 Å². The Hall–Kier alpha value is -1.12. The van der Waals surface area contributed by atoms with E-state index in [-0.39, 0.29) is 5.75 Å². The predicted octanol–water partition coefficient (Wildman–Crippen LogP) is 3.10. The van der Waals surface area contributed by atoms with Crippen molar-refractivity contribution in [2.45, 2.75) is 32.2 Å². The Balaban J connectivity index is 2.66. The number of carbonyl (C=O) groups excluding carboxylic acids is 1. The van der Waals surface area contributed by atoms with Gasteiger partial charge in [0.1, 0.15) is 11.3 Å². The zero-order valence-electron chi connectivity index (χ0n) is 9.17. The molecule has 4 heteroatoms. The molecular formula is C12H12BrNO2. The quantitative estimate of drug-likeness (QED) is 0.669. The van der Waals surface area contributed by atoms with Gasteiger partial charge >= 0.3 is 0 Å². The average Bonchev–Trinajstić information content (AvgIpc) is 2.96. The van der Waals surface area contributed by atoms with E-state index in [1.165, 1.54) is 0 Å². The summed E-state index contributed by atoms with van der Waals surface area (Å²) in [7, 11) is 0. The van der Waals surface area contributed by atoms with Crippen LogP contribution in [0, 0.1) is 13.8 Å². The highest BCUT2D eigenvalue weighted by atomic mass is 79.9. The Bertz CT molecular complexity index is 500. The lowest BCUT2D eigenvalue weighted by atomic mass is 9.96. The zero-order chi connectivity index (χ0) is 11.9. The number of aromatic hydroxyl groups is 1. The molecule has 0 saturated heterocycles. The number of aliphatic imine (C=N–C) groups is 1. The summed E-state index contributed by atoms with van der Waals surface area (Å²) in [5, 5.41) is 10.1. The van der Waals surface area contributed by atoms with Crippen LogP contribution in [-0.4, -0.2) is 11.2 Å². The van der Waals surface area contributed by atoms with Crippen LogP contribution in [0.5, 0.6) is 5.75 Å². The van der Waals surface area contributed by atoms with Crippen LogP contribution in [0.25, 0.3) is 0 Å². The summed E-state index contributed by atoms with van der Waals surface area (Å²) >= 11 is 3.35. The molecular weight excluding hydrogens is 270 g/mol. The summed E-state index contributed by atoms with van der Waals surface area (Å²) in [6.07, 6.45) is 3.20. The first-order valence-electron chi connectivity index (χ1n) is 5.10. The monoisotopic (exact) mass is 281 g/mol. The van der Waals surface area contributed by atoms with Crippen molar-refractivity contribution >= 4 is 22.0 Å². The van der Waals surface area contributed by atoms with Crippen molar-refractivity contribution in [3.05, 3.63) is 27.2 Å². The molecule has 1 aromatic rings. The molecule has 2 rings (SSSR count). The van der Waals surface area contributed by atoms with Gasteiger partial charge in [0, 0.05) is 5.56 Å². The fraction of sp³-hybridized carbons (Fsp3) is 0.417. The SMILES string of the molecule is Cc1cc(C)c(C2(N=C=O)CC2)c(O)c1Br. The minimum absolute atomic E-state index is 0.203. The summed E-state index contributed by atoms with van der Waals surface area (Å²) in [5.41, 5.74) is 2.18. The molecule has 84 valence electrons. The molecule has 0 amide bonds. The number of phenols is 1. The molecule has 0 unspecified atom stereocenters. The predicted molar refractivity (Wildman–Crippen MR) is 64.3 cm³/mol. The third-order valence-electron chi connectivity index (χ3n) is 3.07. The molecule has 1 saturated carbocycles. The number of benzene rings is 1. The smallest absolute Gasteiger partial charge is 0.235 e. The summed E-state index contributed by atoms with van der Waals surface area (Å²) in [6.45, 7) is 3.85. The van der Waals surface area contributed by atoms with Crippen molar-refractivity contribution in [2.24, 2.45) is 4.99 Å². The number of rotatable bonds is 2. The van der Waals surface area contributed by atoms with Gasteiger partial charge < -0.3 is 5.11 Å². The maximum Gasteiger partial charge on any atom is 0.235 e. The lowest BCUT2D eigenvalue weighted by molar-refractivity contribution is 0.454. The van der Waals surface area contributed by atoms with Crippen LogP contribution in [0.2, 0.25) is 0 Å². The van der Waals surface area contributed by atoms with Crippen molar-refractivity contribution in [3.63, 3.8) is 0 Å². The molecule has 0 aliphatic heterocycles. The zero-order valence-corrected chi connectivity index (χ0v) is 10.8. The van der Waals surface area contributed by atoms with Crippen LogP contribution >= 0.6 is 15.9 Å². The number of nitrogens with zero attached hydrogens (tertiary/aromatic N) is 1. The molecule has 1 aliphatic rings. The number of aryl methyl sites for hydroxylation is 2. The van der Waals surface area contributed by atoms with Crippen molar-refractivity contribution in [1.29, 1.82) is 0 Å². The number of hydrogen-bond acceptors (Lipinski definition) is 3. The normalized spacial score (nSPS) is 16.7. The second-order valence-electron chi connectivity index (χ2n) is 4.28. The molecule has 16 heavy (non-hydrogen) atoms. The second kappa shape index (κ2) is 3.72. The van der Waals surface area contributed by atoms with Gasteiger partial charge in [-0.3, -0.25) is 0 Å². The molecule has 3 nitrogen and oxygen atoms in total. The van der Waals surface area contributed by atoms with Gasteiger partial charge in [-0.05, 0) is 53.7 Å². The van der Waals surface area contributed by atoms with Crippen molar-refractivity contribution in [1.82, 2.24) is 0 Å². The molecule has 1 N–H and O–H groups in total. The van der Waals surface area contributed by atoms with E-state index in [9.17, 15) is 9.90 Å². The van der Waals surface area contributed by atoms with Gasteiger partial charge in [0.15, 0.2) is 0 Å². The third kappa shape index (κ3) is 1.58. The topological polar surface area (TPSA) is 49.7 Å². The number of isocyanates is 1. The second-order valence-corrected chi connectivity index (χ2v) is 5.08. The molecule has 0 radical (unpaired) electrons. The van der Waals surface area contributed by atoms with Crippen LogP contribution < -0.4 is 0 Å². The first kappa shape index (κ1) is 11.4. The van der Waals surface area contributed by atoms with E-state index in [0.717, 1.165) is 29.5 Å². The number of phenolic OH excluding ortho intramolecular Hbond substituents is 1. The molecule has 0 bridgehead atoms. The summed E-state index contributed by atoms with van der Waals surface area (Å²) in [4.78, 5) is 14.3. The molecule has 1 aromatic carbocycles. The standard InChI is InChI=1S/C12H12BrNO2/c1-7-5-8(2)10(13)11(16)9(7)12(3-4-12)14-6-15/h5,16H,3-4H2,1-2H3. The van der Waals surface area contributed by atoms with Gasteiger partial charge in [-0.2, -0.15) is 4.99 Å². The van der Waals surface area contributed by atoms with E-state index in [2.05, 4.69) is 20.9 Å². The highest BCUT2D eigenvalue weighted by Gasteiger charge is 2.48. The van der Waals surface area contributed by atoms with Crippen molar-refractivity contribution < 1.29 is 9.90 Å². The maximum atomic E-state index is 10.4. The average molecular weight is 282 g/mol. The van der Waals surface area contributed by atoms with E-state index in [1.54, 1.807) is 6.08 Å². The van der Waals surface area contributed by atoms with Gasteiger partial charge in [0.05, 0.1) is 4.47 Å². The minimum Gasteiger partial charge on any atom is -0.506 e. The minimum atomic E-state index is -0.522. The largest absolute Gasteiger partial charge is 0.506 e. The fourth-order valence-corrected chi connectivity index (χ4v) is 2.47. The Morgan fingerprint density at radius 1 is 1.44 bits per heavy atom. The van der Waals surface area contributed by atoms with Gasteiger partial charge in [-0.25, -0.2) is 4.79 Å².